The lowest BCUT2D eigenvalue weighted by atomic mass is 9.61. The lowest BCUT2D eigenvalue weighted by Crippen LogP contribution is -2.35. The van der Waals surface area contributed by atoms with Gasteiger partial charge in [0.05, 0.1) is 12.2 Å². The number of allylic oxidation sites excluding steroid dienone is 3. The van der Waals surface area contributed by atoms with E-state index >= 15 is 0 Å². The third-order valence-corrected chi connectivity index (χ3v) is 7.67. The summed E-state index contributed by atoms with van der Waals surface area (Å²) in [5.74, 6) is 2.41. The minimum Gasteiger partial charge on any atom is -0.388 e. The highest BCUT2D eigenvalue weighted by molar-refractivity contribution is 5.29. The first-order valence-corrected chi connectivity index (χ1v) is 10.3. The Bertz CT molecular complexity index is 557. The van der Waals surface area contributed by atoms with Crippen molar-refractivity contribution < 1.29 is 10.2 Å². The number of fused-ring (bicyclic) bond motifs is 1. The first-order valence-electron chi connectivity index (χ1n) is 10.3. The molecule has 3 aliphatic carbocycles. The smallest absolute Gasteiger partial charge is 0.0809 e. The molecule has 3 rings (SSSR count). The predicted molar refractivity (Wildman–Crippen MR) is 104 cm³/mol. The molecule has 0 spiro atoms. The minimum atomic E-state index is -0.591. The molecule has 0 unspecified atom stereocenters. The molecular formula is C23H36O2. The van der Waals surface area contributed by atoms with Crippen LogP contribution in [0.25, 0.3) is 0 Å². The first kappa shape index (κ1) is 18.9. The molecule has 2 heteroatoms. The second-order valence-corrected chi connectivity index (χ2v) is 9.06. The monoisotopic (exact) mass is 344 g/mol. The number of aliphatic hydroxyl groups excluding tert-OH is 2. The molecule has 0 heterocycles. The van der Waals surface area contributed by atoms with E-state index in [0.29, 0.717) is 23.8 Å². The van der Waals surface area contributed by atoms with Gasteiger partial charge in [0.25, 0.3) is 0 Å². The highest BCUT2D eigenvalue weighted by atomic mass is 16.3. The van der Waals surface area contributed by atoms with Gasteiger partial charge in [-0.25, -0.2) is 0 Å². The van der Waals surface area contributed by atoms with E-state index in [9.17, 15) is 10.2 Å². The molecule has 0 saturated heterocycles. The summed E-state index contributed by atoms with van der Waals surface area (Å²) >= 11 is 0. The van der Waals surface area contributed by atoms with E-state index in [-0.39, 0.29) is 0 Å². The summed E-state index contributed by atoms with van der Waals surface area (Å²) in [6.45, 7) is 11.1. The molecule has 0 aliphatic heterocycles. The molecule has 25 heavy (non-hydrogen) atoms. The fourth-order valence-electron chi connectivity index (χ4n) is 5.92. The van der Waals surface area contributed by atoms with Crippen LogP contribution in [0, 0.1) is 23.2 Å². The van der Waals surface area contributed by atoms with Gasteiger partial charge in [-0.2, -0.15) is 0 Å². The van der Waals surface area contributed by atoms with Crippen LogP contribution in [0.4, 0.5) is 0 Å². The van der Waals surface area contributed by atoms with Crippen molar-refractivity contribution in [1.29, 1.82) is 0 Å². The van der Waals surface area contributed by atoms with Crippen LogP contribution in [-0.2, 0) is 0 Å². The Morgan fingerprint density at radius 2 is 1.88 bits per heavy atom. The molecular weight excluding hydrogens is 308 g/mol. The second kappa shape index (κ2) is 7.40. The van der Waals surface area contributed by atoms with Crippen molar-refractivity contribution in [1.82, 2.24) is 0 Å². The summed E-state index contributed by atoms with van der Waals surface area (Å²) in [5, 5.41) is 20.1. The lowest BCUT2D eigenvalue weighted by Gasteiger charge is -2.44. The number of hydrogen-bond acceptors (Lipinski definition) is 2. The van der Waals surface area contributed by atoms with Crippen LogP contribution in [0.5, 0.6) is 0 Å². The Morgan fingerprint density at radius 3 is 2.52 bits per heavy atom. The summed E-state index contributed by atoms with van der Waals surface area (Å²) < 4.78 is 0. The highest BCUT2D eigenvalue weighted by Gasteiger charge is 2.50. The van der Waals surface area contributed by atoms with Gasteiger partial charge in [0.1, 0.15) is 0 Å². The van der Waals surface area contributed by atoms with Crippen molar-refractivity contribution in [2.75, 3.05) is 0 Å². The fraction of sp³-hybridized carbons (Fsp3) is 0.739. The van der Waals surface area contributed by atoms with Crippen LogP contribution < -0.4 is 0 Å². The Balaban J connectivity index is 1.78. The van der Waals surface area contributed by atoms with Gasteiger partial charge in [0, 0.05) is 0 Å². The Hall–Kier alpha value is -0.860. The SMILES string of the molecule is C=C1[C@H](O)CC(=C/C=C2\CCC[C@]3(C)[C@@H]([C@@H](C)CC)CC[C@@H]23)C[C@@H]1O. The summed E-state index contributed by atoms with van der Waals surface area (Å²) in [6.07, 6.45) is 12.5. The van der Waals surface area contributed by atoms with Gasteiger partial charge in [-0.3, -0.25) is 0 Å². The van der Waals surface area contributed by atoms with Crippen molar-refractivity contribution >= 4 is 0 Å². The van der Waals surface area contributed by atoms with Gasteiger partial charge in [-0.05, 0) is 73.7 Å². The number of aliphatic hydroxyl groups is 2. The van der Waals surface area contributed by atoms with Gasteiger partial charge < -0.3 is 10.2 Å². The first-order chi connectivity index (χ1) is 11.9. The lowest BCUT2D eigenvalue weighted by molar-refractivity contribution is 0.0961. The van der Waals surface area contributed by atoms with Crippen LogP contribution in [0.3, 0.4) is 0 Å². The van der Waals surface area contributed by atoms with Gasteiger partial charge in [-0.1, -0.05) is 57.1 Å². The molecule has 0 aromatic rings. The van der Waals surface area contributed by atoms with Crippen LogP contribution >= 0.6 is 0 Å². The van der Waals surface area contributed by atoms with Crippen molar-refractivity contribution in [3.8, 4) is 0 Å². The van der Waals surface area contributed by atoms with Gasteiger partial charge in [0.2, 0.25) is 0 Å². The van der Waals surface area contributed by atoms with Crippen LogP contribution in [0.15, 0.2) is 35.5 Å². The van der Waals surface area contributed by atoms with E-state index in [4.69, 9.17) is 0 Å². The maximum absolute atomic E-state index is 10.0. The Morgan fingerprint density at radius 1 is 1.20 bits per heavy atom. The van der Waals surface area contributed by atoms with Gasteiger partial charge in [0.15, 0.2) is 0 Å². The zero-order valence-electron chi connectivity index (χ0n) is 16.3. The van der Waals surface area contributed by atoms with Crippen LogP contribution in [0.1, 0.15) is 72.1 Å². The fourth-order valence-corrected chi connectivity index (χ4v) is 5.92. The molecule has 0 aromatic heterocycles. The molecule has 3 aliphatic rings. The predicted octanol–water partition coefficient (Wildman–Crippen LogP) is 5.17. The summed E-state index contributed by atoms with van der Waals surface area (Å²) in [7, 11) is 0. The average molecular weight is 345 g/mol. The molecule has 0 aromatic carbocycles. The van der Waals surface area contributed by atoms with Gasteiger partial charge in [-0.15, -0.1) is 0 Å². The third kappa shape index (κ3) is 3.53. The van der Waals surface area contributed by atoms with E-state index in [0.717, 1.165) is 23.3 Å². The van der Waals surface area contributed by atoms with E-state index < -0.39 is 12.2 Å². The zero-order valence-corrected chi connectivity index (χ0v) is 16.3. The molecule has 0 radical (unpaired) electrons. The van der Waals surface area contributed by atoms with Crippen molar-refractivity contribution in [3.63, 3.8) is 0 Å². The largest absolute Gasteiger partial charge is 0.388 e. The Labute approximate surface area is 153 Å². The molecule has 3 fully saturated rings. The molecule has 0 bridgehead atoms. The van der Waals surface area contributed by atoms with Crippen molar-refractivity contribution in [2.45, 2.75) is 84.3 Å². The van der Waals surface area contributed by atoms with Gasteiger partial charge >= 0.3 is 0 Å². The molecule has 140 valence electrons. The molecule has 2 nitrogen and oxygen atoms in total. The van der Waals surface area contributed by atoms with E-state index in [1.165, 1.54) is 38.5 Å². The molecule has 2 N–H and O–H groups in total. The number of rotatable bonds is 3. The maximum Gasteiger partial charge on any atom is 0.0809 e. The topological polar surface area (TPSA) is 40.5 Å². The standard InChI is InChI=1S/C23H36O2/c1-5-15(2)19-10-11-20-18(7-6-12-23(19,20)4)9-8-17-13-21(24)16(3)22(25)14-17/h8-9,15,19-22,24-25H,3,5-7,10-14H2,1-2,4H3/b17-8?,18-9+/t15-,19+,20-,21-,22+,23+/m0/s1. The quantitative estimate of drug-likeness (QED) is 0.693. The third-order valence-electron chi connectivity index (χ3n) is 7.67. The van der Waals surface area contributed by atoms with Crippen molar-refractivity contribution in [3.05, 3.63) is 35.5 Å². The number of hydrogen-bond donors (Lipinski definition) is 2. The maximum atomic E-state index is 10.0. The highest BCUT2D eigenvalue weighted by Crippen LogP contribution is 2.59. The van der Waals surface area contributed by atoms with Crippen molar-refractivity contribution in [2.24, 2.45) is 23.2 Å². The van der Waals surface area contributed by atoms with E-state index in [1.807, 2.05) is 0 Å². The Kier molecular flexibility index (Phi) is 5.60. The second-order valence-electron chi connectivity index (χ2n) is 9.06. The normalized spacial score (nSPS) is 43.5. The van der Waals surface area contributed by atoms with E-state index in [1.54, 1.807) is 5.57 Å². The zero-order chi connectivity index (χ0) is 18.2. The summed E-state index contributed by atoms with van der Waals surface area (Å²) in [5.41, 5.74) is 3.81. The van der Waals surface area contributed by atoms with E-state index in [2.05, 4.69) is 39.5 Å². The minimum absolute atomic E-state index is 0.470. The summed E-state index contributed by atoms with van der Waals surface area (Å²) in [6, 6.07) is 0. The van der Waals surface area contributed by atoms with Crippen LogP contribution in [0.2, 0.25) is 0 Å². The summed E-state index contributed by atoms with van der Waals surface area (Å²) in [4.78, 5) is 0. The van der Waals surface area contributed by atoms with Crippen LogP contribution in [-0.4, -0.2) is 22.4 Å². The molecule has 0 amide bonds. The molecule has 6 atom stereocenters. The average Bonchev–Trinajstić information content (AvgIpc) is 2.94. The molecule has 3 saturated carbocycles.